The first-order chi connectivity index (χ1) is 18.1. The van der Waals surface area contributed by atoms with Crippen LogP contribution in [0.1, 0.15) is 44.6 Å². The van der Waals surface area contributed by atoms with Crippen LogP contribution in [0, 0.1) is 0 Å². The Labute approximate surface area is 226 Å². The lowest BCUT2D eigenvalue weighted by atomic mass is 9.95. The van der Waals surface area contributed by atoms with Crippen LogP contribution in [-0.4, -0.2) is 70.8 Å². The van der Waals surface area contributed by atoms with E-state index in [4.69, 9.17) is 9.47 Å². The molecule has 0 aromatic heterocycles. The normalized spacial score (nSPS) is 14.8. The third-order valence-corrected chi connectivity index (χ3v) is 8.06. The predicted octanol–water partition coefficient (Wildman–Crippen LogP) is 3.38. The van der Waals surface area contributed by atoms with Gasteiger partial charge in [-0.25, -0.2) is 8.42 Å². The zero-order valence-electron chi connectivity index (χ0n) is 22.7. The Morgan fingerprint density at radius 1 is 1.03 bits per heavy atom. The summed E-state index contributed by atoms with van der Waals surface area (Å²) in [6, 6.07) is 13.7. The third kappa shape index (κ3) is 7.86. The van der Waals surface area contributed by atoms with Gasteiger partial charge < -0.3 is 19.7 Å². The second-order valence-electron chi connectivity index (χ2n) is 9.65. The number of benzene rings is 2. The zero-order valence-corrected chi connectivity index (χ0v) is 23.5. The highest BCUT2D eigenvalue weighted by molar-refractivity contribution is 7.92. The van der Waals surface area contributed by atoms with Gasteiger partial charge in [0, 0.05) is 18.7 Å². The van der Waals surface area contributed by atoms with Crippen molar-refractivity contribution in [1.29, 1.82) is 0 Å². The molecule has 0 heterocycles. The molecule has 10 heteroatoms. The number of methoxy groups -OCH3 is 2. The van der Waals surface area contributed by atoms with Crippen molar-refractivity contribution in [2.75, 3.05) is 37.9 Å². The first kappa shape index (κ1) is 29.3. The van der Waals surface area contributed by atoms with Crippen LogP contribution in [0.15, 0.2) is 48.5 Å². The summed E-state index contributed by atoms with van der Waals surface area (Å²) in [5, 5.41) is 3.10. The van der Waals surface area contributed by atoms with Crippen molar-refractivity contribution in [3.8, 4) is 11.5 Å². The molecule has 1 aliphatic carbocycles. The highest BCUT2D eigenvalue weighted by Gasteiger charge is 2.32. The number of sulfonamides is 1. The highest BCUT2D eigenvalue weighted by Crippen LogP contribution is 2.33. The Bertz CT molecular complexity index is 1180. The van der Waals surface area contributed by atoms with Gasteiger partial charge in [0.25, 0.3) is 0 Å². The summed E-state index contributed by atoms with van der Waals surface area (Å²) in [5.74, 6) is 0.0335. The standard InChI is InChI=1S/C28H39N3O6S/c1-21(28(33)29-23-13-9-6-10-14-23)30(18-17-22-11-7-5-8-12-22)27(32)20-31(38(4,34)35)25-16-15-24(36-2)19-26(25)37-3/h5,7-8,11-12,15-16,19,21,23H,6,9-10,13-14,17-18,20H2,1-4H3,(H,29,33)/t21-/m1/s1. The first-order valence-electron chi connectivity index (χ1n) is 13.0. The smallest absolute Gasteiger partial charge is 0.244 e. The summed E-state index contributed by atoms with van der Waals surface area (Å²) in [6.07, 6.45) is 6.73. The second kappa shape index (κ2) is 13.5. The van der Waals surface area contributed by atoms with E-state index in [1.165, 1.54) is 25.5 Å². The number of ether oxygens (including phenoxy) is 2. The lowest BCUT2D eigenvalue weighted by molar-refractivity contribution is -0.139. The molecule has 1 saturated carbocycles. The van der Waals surface area contributed by atoms with Crippen LogP contribution < -0.4 is 19.1 Å². The van der Waals surface area contributed by atoms with Gasteiger partial charge in [0.1, 0.15) is 24.1 Å². The molecule has 3 rings (SSSR count). The van der Waals surface area contributed by atoms with Crippen LogP contribution in [0.3, 0.4) is 0 Å². The van der Waals surface area contributed by atoms with E-state index in [1.54, 1.807) is 25.1 Å². The predicted molar refractivity (Wildman–Crippen MR) is 148 cm³/mol. The number of hydrogen-bond acceptors (Lipinski definition) is 6. The second-order valence-corrected chi connectivity index (χ2v) is 11.6. The number of amides is 2. The molecule has 208 valence electrons. The summed E-state index contributed by atoms with van der Waals surface area (Å²) >= 11 is 0. The van der Waals surface area contributed by atoms with E-state index in [2.05, 4.69) is 5.32 Å². The van der Waals surface area contributed by atoms with Gasteiger partial charge in [0.15, 0.2) is 0 Å². The molecule has 38 heavy (non-hydrogen) atoms. The van der Waals surface area contributed by atoms with E-state index in [1.807, 2.05) is 30.3 Å². The van der Waals surface area contributed by atoms with Crippen molar-refractivity contribution < 1.29 is 27.5 Å². The molecule has 0 aliphatic heterocycles. The van der Waals surface area contributed by atoms with Gasteiger partial charge in [0.2, 0.25) is 21.8 Å². The molecule has 0 unspecified atom stereocenters. The Balaban J connectivity index is 1.87. The number of anilines is 1. The van der Waals surface area contributed by atoms with E-state index in [0.29, 0.717) is 12.2 Å². The zero-order chi connectivity index (χ0) is 27.7. The van der Waals surface area contributed by atoms with Crippen LogP contribution in [-0.2, 0) is 26.0 Å². The van der Waals surface area contributed by atoms with E-state index in [-0.39, 0.29) is 29.9 Å². The maximum absolute atomic E-state index is 13.7. The number of nitrogens with zero attached hydrogens (tertiary/aromatic N) is 2. The van der Waals surface area contributed by atoms with Crippen molar-refractivity contribution in [2.24, 2.45) is 0 Å². The average molecular weight is 546 g/mol. The molecule has 1 N–H and O–H groups in total. The fourth-order valence-electron chi connectivity index (χ4n) is 4.72. The highest BCUT2D eigenvalue weighted by atomic mass is 32.2. The van der Waals surface area contributed by atoms with Crippen molar-refractivity contribution >= 4 is 27.5 Å². The van der Waals surface area contributed by atoms with Gasteiger partial charge in [-0.15, -0.1) is 0 Å². The lowest BCUT2D eigenvalue weighted by Crippen LogP contribution is -2.53. The molecule has 1 aliphatic rings. The Morgan fingerprint density at radius 2 is 1.71 bits per heavy atom. The molecule has 2 amide bonds. The monoisotopic (exact) mass is 545 g/mol. The van der Waals surface area contributed by atoms with Crippen LogP contribution in [0.2, 0.25) is 0 Å². The number of carbonyl (C=O) groups is 2. The maximum atomic E-state index is 13.7. The summed E-state index contributed by atoms with van der Waals surface area (Å²) in [5.41, 5.74) is 1.23. The fraction of sp³-hybridized carbons (Fsp3) is 0.500. The minimum Gasteiger partial charge on any atom is -0.497 e. The summed E-state index contributed by atoms with van der Waals surface area (Å²) < 4.78 is 37.3. The minimum atomic E-state index is -3.87. The fourth-order valence-corrected chi connectivity index (χ4v) is 5.58. The lowest BCUT2D eigenvalue weighted by Gasteiger charge is -2.33. The van der Waals surface area contributed by atoms with Crippen molar-refractivity contribution in [3.05, 3.63) is 54.1 Å². The van der Waals surface area contributed by atoms with E-state index < -0.39 is 28.5 Å². The van der Waals surface area contributed by atoms with Crippen molar-refractivity contribution in [3.63, 3.8) is 0 Å². The SMILES string of the molecule is COc1ccc(N(CC(=O)N(CCc2ccccc2)[C@H](C)C(=O)NC2CCCCC2)S(C)(=O)=O)c(OC)c1. The summed E-state index contributed by atoms with van der Waals surface area (Å²) in [7, 11) is -0.952. The topological polar surface area (TPSA) is 105 Å². The molecular formula is C28H39N3O6S. The Morgan fingerprint density at radius 3 is 2.32 bits per heavy atom. The first-order valence-corrected chi connectivity index (χ1v) is 14.8. The van der Waals surface area contributed by atoms with Gasteiger partial charge >= 0.3 is 0 Å². The van der Waals surface area contributed by atoms with Crippen LogP contribution >= 0.6 is 0 Å². The quantitative estimate of drug-likeness (QED) is 0.439. The number of nitrogens with one attached hydrogen (secondary N) is 1. The van der Waals surface area contributed by atoms with Crippen LogP contribution in [0.4, 0.5) is 5.69 Å². The Hall–Kier alpha value is -3.27. The average Bonchev–Trinajstić information content (AvgIpc) is 2.91. The maximum Gasteiger partial charge on any atom is 0.244 e. The molecule has 1 fully saturated rings. The molecule has 2 aromatic carbocycles. The molecule has 0 radical (unpaired) electrons. The van der Waals surface area contributed by atoms with Gasteiger partial charge in [-0.1, -0.05) is 49.6 Å². The molecular weight excluding hydrogens is 506 g/mol. The minimum absolute atomic E-state index is 0.0980. The summed E-state index contributed by atoms with van der Waals surface area (Å²) in [4.78, 5) is 28.4. The molecule has 9 nitrogen and oxygen atoms in total. The molecule has 0 spiro atoms. The van der Waals surface area contributed by atoms with Crippen molar-refractivity contribution in [1.82, 2.24) is 10.2 Å². The van der Waals surface area contributed by atoms with E-state index in [0.717, 1.165) is 41.8 Å². The van der Waals surface area contributed by atoms with Crippen LogP contribution in [0.5, 0.6) is 11.5 Å². The van der Waals surface area contributed by atoms with E-state index in [9.17, 15) is 18.0 Å². The van der Waals surface area contributed by atoms with Gasteiger partial charge in [-0.2, -0.15) is 0 Å². The number of hydrogen-bond donors (Lipinski definition) is 1. The van der Waals surface area contributed by atoms with Gasteiger partial charge in [-0.05, 0) is 43.9 Å². The summed E-state index contributed by atoms with van der Waals surface area (Å²) in [6.45, 7) is 1.48. The van der Waals surface area contributed by atoms with Crippen LogP contribution in [0.25, 0.3) is 0 Å². The van der Waals surface area contributed by atoms with E-state index >= 15 is 0 Å². The molecule has 1 atom stereocenters. The molecule has 0 bridgehead atoms. The third-order valence-electron chi connectivity index (χ3n) is 6.94. The van der Waals surface area contributed by atoms with Gasteiger partial charge in [0.05, 0.1) is 26.2 Å². The number of rotatable bonds is 12. The van der Waals surface area contributed by atoms with Gasteiger partial charge in [-0.3, -0.25) is 13.9 Å². The van der Waals surface area contributed by atoms with Crippen molar-refractivity contribution in [2.45, 2.75) is 57.5 Å². The Kier molecular flexibility index (Phi) is 10.4. The molecule has 2 aromatic rings. The number of carbonyl (C=O) groups excluding carboxylic acids is 2. The molecule has 0 saturated heterocycles. The largest absolute Gasteiger partial charge is 0.497 e.